The molecular formula is C28H29N5O23S7. The molecule has 63 heavy (non-hydrogen) atoms. The second kappa shape index (κ2) is 18.7. The van der Waals surface area contributed by atoms with Crippen LogP contribution in [-0.4, -0.2) is 125 Å². The molecule has 0 amide bonds. The standard InChI is InChI=1S/C28H29N5O23S7/c1-54-28-18-4-6-21(29-15-59(39,40)41)26(32-30-20-5-2-17(13-24(20)60(42,43)44)58(37,38)11-9-56-63(51,52)53)19(18)14-25(61(45,46)47)27(28)33-31-22-12-16(3-7-23(22)34)57(35,36)10-8-55-62(48,49)50/h2-7,12-14,29,34H,8-11,15H2,1H3,(H,39,40,41)(H,42,43,44)(H,45,46,47)(H,48,49,50)(H,51,52,53). The van der Waals surface area contributed by atoms with Crippen LogP contribution in [0.5, 0.6) is 11.5 Å². The summed E-state index contributed by atoms with van der Waals surface area (Å²) >= 11 is 0. The molecule has 0 spiro atoms. The van der Waals surface area contributed by atoms with E-state index in [-0.39, 0.29) is 5.39 Å². The highest BCUT2D eigenvalue weighted by molar-refractivity contribution is 7.92. The number of anilines is 1. The highest BCUT2D eigenvalue weighted by Gasteiger charge is 2.27. The predicted molar refractivity (Wildman–Crippen MR) is 212 cm³/mol. The number of phenolic OH excluding ortho intramolecular Hbond substituents is 1. The van der Waals surface area contributed by atoms with Gasteiger partial charge in [0, 0.05) is 10.8 Å². The second-order valence-electron chi connectivity index (χ2n) is 12.0. The van der Waals surface area contributed by atoms with E-state index in [4.69, 9.17) is 13.8 Å². The number of rotatable bonds is 20. The molecule has 0 aliphatic rings. The Bertz CT molecular complexity index is 3340. The van der Waals surface area contributed by atoms with E-state index >= 15 is 0 Å². The Morgan fingerprint density at radius 1 is 0.556 bits per heavy atom. The maximum absolute atomic E-state index is 12.8. The average Bonchev–Trinajstić information content (AvgIpc) is 3.12. The van der Waals surface area contributed by atoms with Gasteiger partial charge < -0.3 is 15.2 Å². The smallest absolute Gasteiger partial charge is 0.397 e. The number of aromatic hydroxyl groups is 1. The predicted octanol–water partition coefficient (Wildman–Crippen LogP) is 2.32. The summed E-state index contributed by atoms with van der Waals surface area (Å²) in [6.07, 6.45) is 0. The average molecular weight is 1030 g/mol. The summed E-state index contributed by atoms with van der Waals surface area (Å²) in [6, 6.07) is 6.98. The summed E-state index contributed by atoms with van der Waals surface area (Å²) in [6.45, 7) is -2.15. The van der Waals surface area contributed by atoms with Gasteiger partial charge in [-0.1, -0.05) is 0 Å². The summed E-state index contributed by atoms with van der Waals surface area (Å²) in [5, 5.41) is 27.0. The van der Waals surface area contributed by atoms with Crippen LogP contribution in [0, 0.1) is 0 Å². The van der Waals surface area contributed by atoms with Crippen LogP contribution in [0.15, 0.2) is 94.6 Å². The van der Waals surface area contributed by atoms with Crippen LogP contribution in [0.3, 0.4) is 0 Å². The van der Waals surface area contributed by atoms with Crippen LogP contribution in [-0.2, 0) is 79.2 Å². The fourth-order valence-electron chi connectivity index (χ4n) is 5.00. The Morgan fingerprint density at radius 3 is 1.57 bits per heavy atom. The van der Waals surface area contributed by atoms with Crippen molar-refractivity contribution in [1.29, 1.82) is 0 Å². The Morgan fingerprint density at radius 2 is 1.06 bits per heavy atom. The highest BCUT2D eigenvalue weighted by atomic mass is 32.3. The first-order chi connectivity index (χ1) is 28.7. The van der Waals surface area contributed by atoms with Gasteiger partial charge in [-0.25, -0.2) is 25.2 Å². The Kier molecular flexibility index (Phi) is 15.0. The Labute approximate surface area is 357 Å². The summed E-state index contributed by atoms with van der Waals surface area (Å²) in [5.74, 6) is -4.73. The van der Waals surface area contributed by atoms with Crippen molar-refractivity contribution in [3.8, 4) is 11.5 Å². The van der Waals surface area contributed by atoms with Gasteiger partial charge in [-0.3, -0.25) is 22.8 Å². The first-order valence-corrected chi connectivity index (χ1v) is 26.6. The Balaban J connectivity index is 1.95. The highest BCUT2D eigenvalue weighted by Crippen LogP contribution is 2.47. The maximum Gasteiger partial charge on any atom is 0.397 e. The third-order valence-corrected chi connectivity index (χ3v) is 14.2. The number of hydrogen-bond donors (Lipinski definition) is 7. The van der Waals surface area contributed by atoms with Crippen LogP contribution < -0.4 is 10.1 Å². The first kappa shape index (κ1) is 50.8. The van der Waals surface area contributed by atoms with Crippen LogP contribution in [0.4, 0.5) is 28.4 Å². The SMILES string of the molecule is COc1c(N=Nc2cc(S(=O)(=O)CCOS(=O)(=O)O)ccc2O)c(S(=O)(=O)O)cc2c(N=Nc3ccc(S(=O)(=O)CCOS(=O)(=O)O)cc3S(=O)(=O)O)c(NCS(=O)(=O)O)ccc12. The fourth-order valence-corrected chi connectivity index (χ4v) is 9.73. The topological polar surface area (TPSA) is 450 Å². The zero-order chi connectivity index (χ0) is 47.6. The molecule has 0 saturated carbocycles. The molecule has 346 valence electrons. The van der Waals surface area contributed by atoms with E-state index in [9.17, 15) is 77.7 Å². The molecule has 4 aromatic carbocycles. The number of benzene rings is 4. The van der Waals surface area contributed by atoms with E-state index in [1.807, 2.05) is 0 Å². The summed E-state index contributed by atoms with van der Waals surface area (Å²) in [7, 11) is -33.8. The monoisotopic (exact) mass is 1030 g/mol. The molecule has 7 N–H and O–H groups in total. The molecule has 0 saturated heterocycles. The minimum absolute atomic E-state index is 0.229. The van der Waals surface area contributed by atoms with Crippen molar-refractivity contribution in [2.45, 2.75) is 19.6 Å². The van der Waals surface area contributed by atoms with Gasteiger partial charge in [0.2, 0.25) is 0 Å². The molecule has 0 bridgehead atoms. The van der Waals surface area contributed by atoms with Gasteiger partial charge in [0.1, 0.15) is 44.2 Å². The van der Waals surface area contributed by atoms with Crippen LogP contribution in [0.2, 0.25) is 0 Å². The first-order valence-electron chi connectivity index (χ1n) is 16.0. The van der Waals surface area contributed by atoms with Crippen molar-refractivity contribution in [1.82, 2.24) is 0 Å². The number of sulfone groups is 2. The molecule has 0 aliphatic heterocycles. The van der Waals surface area contributed by atoms with E-state index in [2.05, 4.69) is 34.1 Å². The summed E-state index contributed by atoms with van der Waals surface area (Å²) < 4.78 is 229. The number of phenols is 1. The number of nitrogens with zero attached hydrogens (tertiary/aromatic N) is 4. The third-order valence-electron chi connectivity index (χ3n) is 7.67. The van der Waals surface area contributed by atoms with Crippen LogP contribution in [0.25, 0.3) is 10.8 Å². The fraction of sp³-hybridized carbons (Fsp3) is 0.214. The van der Waals surface area contributed by atoms with Crippen molar-refractivity contribution >= 4 is 110 Å². The summed E-state index contributed by atoms with van der Waals surface area (Å²) in [5.41, 5.74) is -3.37. The molecule has 4 rings (SSSR count). The molecule has 0 aliphatic carbocycles. The molecule has 35 heteroatoms. The van der Waals surface area contributed by atoms with Crippen LogP contribution in [0.1, 0.15) is 0 Å². The zero-order valence-electron chi connectivity index (χ0n) is 31.0. The molecular weight excluding hydrogens is 999 g/mol. The van der Waals surface area contributed by atoms with Crippen molar-refractivity contribution in [2.75, 3.05) is 43.0 Å². The Hall–Kier alpha value is -4.89. The van der Waals surface area contributed by atoms with Gasteiger partial charge in [0.15, 0.2) is 25.4 Å². The molecule has 0 radical (unpaired) electrons. The zero-order valence-corrected chi connectivity index (χ0v) is 36.7. The van der Waals surface area contributed by atoms with E-state index in [1.54, 1.807) is 0 Å². The van der Waals surface area contributed by atoms with Gasteiger partial charge in [0.25, 0.3) is 30.4 Å². The quantitative estimate of drug-likeness (QED) is 0.0493. The number of nitrogens with one attached hydrogen (secondary N) is 1. The van der Waals surface area contributed by atoms with Crippen molar-refractivity contribution in [3.05, 3.63) is 54.6 Å². The third kappa shape index (κ3) is 13.8. The second-order valence-corrected chi connectivity index (χ2v) is 22.6. The molecule has 0 atom stereocenters. The van der Waals surface area contributed by atoms with Crippen molar-refractivity contribution < 1.29 is 99.9 Å². The lowest BCUT2D eigenvalue weighted by molar-refractivity contribution is 0.282. The molecule has 0 unspecified atom stereocenters. The lowest BCUT2D eigenvalue weighted by Crippen LogP contribution is -2.16. The van der Waals surface area contributed by atoms with Gasteiger partial charge >= 0.3 is 20.8 Å². The van der Waals surface area contributed by atoms with E-state index in [0.29, 0.717) is 18.2 Å². The number of methoxy groups -OCH3 is 1. The molecule has 0 aromatic heterocycles. The summed E-state index contributed by atoms with van der Waals surface area (Å²) in [4.78, 5) is -3.85. The lowest BCUT2D eigenvalue weighted by atomic mass is 10.0. The van der Waals surface area contributed by atoms with Crippen molar-refractivity contribution in [2.24, 2.45) is 20.5 Å². The van der Waals surface area contributed by atoms with Crippen molar-refractivity contribution in [3.63, 3.8) is 0 Å². The van der Waals surface area contributed by atoms with E-state index in [1.165, 1.54) is 0 Å². The molecule has 0 fully saturated rings. The molecule has 28 nitrogen and oxygen atoms in total. The number of fused-ring (bicyclic) bond motifs is 1. The largest absolute Gasteiger partial charge is 0.506 e. The van der Waals surface area contributed by atoms with Crippen LogP contribution >= 0.6 is 0 Å². The molecule has 4 aromatic rings. The van der Waals surface area contributed by atoms with E-state index < -0.39 is 166 Å². The number of ether oxygens (including phenoxy) is 1. The number of hydrogen-bond acceptors (Lipinski definition) is 23. The maximum atomic E-state index is 12.8. The minimum atomic E-state index is -5.45. The minimum Gasteiger partial charge on any atom is -0.506 e. The van der Waals surface area contributed by atoms with Gasteiger partial charge in [-0.2, -0.15) is 42.1 Å². The van der Waals surface area contributed by atoms with Gasteiger partial charge in [-0.15, -0.1) is 20.5 Å². The van der Waals surface area contributed by atoms with Gasteiger partial charge in [0.05, 0.1) is 47.3 Å². The lowest BCUT2D eigenvalue weighted by Gasteiger charge is -2.16. The normalized spacial score (nSPS) is 13.6. The number of azo groups is 2. The molecule has 0 heterocycles. The van der Waals surface area contributed by atoms with E-state index in [0.717, 1.165) is 43.5 Å². The van der Waals surface area contributed by atoms with Gasteiger partial charge in [-0.05, 0) is 54.6 Å².